The van der Waals surface area contributed by atoms with Crippen LogP contribution in [-0.2, 0) is 27.4 Å². The highest BCUT2D eigenvalue weighted by Gasteiger charge is 2.31. The molecule has 7 heteroatoms. The predicted octanol–water partition coefficient (Wildman–Crippen LogP) is 6.52. The van der Waals surface area contributed by atoms with Gasteiger partial charge in [0.25, 0.3) is 0 Å². The van der Waals surface area contributed by atoms with Gasteiger partial charge in [-0.15, -0.1) is 0 Å². The van der Waals surface area contributed by atoms with Gasteiger partial charge < -0.3 is 19.1 Å². The maximum atomic E-state index is 14.1. The molecule has 2 aromatic carbocycles. The van der Waals surface area contributed by atoms with E-state index in [-0.39, 0.29) is 30.3 Å². The quantitative estimate of drug-likeness (QED) is 0.238. The zero-order valence-electron chi connectivity index (χ0n) is 23.8. The summed E-state index contributed by atoms with van der Waals surface area (Å²) in [6, 6.07) is 22.0. The number of methoxy groups -OCH3 is 1. The Bertz CT molecular complexity index is 1220. The second kappa shape index (κ2) is 15.1. The van der Waals surface area contributed by atoms with Crippen molar-refractivity contribution in [2.45, 2.75) is 70.5 Å². The zero-order chi connectivity index (χ0) is 28.3. The van der Waals surface area contributed by atoms with Crippen LogP contribution in [0.5, 0.6) is 0 Å². The predicted molar refractivity (Wildman–Crippen MR) is 160 cm³/mol. The van der Waals surface area contributed by atoms with E-state index in [9.17, 15) is 9.59 Å². The Kier molecular flexibility index (Phi) is 11.2. The third-order valence-electron chi connectivity index (χ3n) is 8.00. The van der Waals surface area contributed by atoms with Crippen molar-refractivity contribution in [2.24, 2.45) is 0 Å². The average molecular weight is 564 g/mol. The Morgan fingerprint density at radius 3 is 2.42 bits per heavy atom. The van der Waals surface area contributed by atoms with E-state index in [2.05, 4.69) is 10.6 Å². The first-order valence-corrected chi connectivity index (χ1v) is 14.9. The van der Waals surface area contributed by atoms with Crippen LogP contribution >= 0.6 is 11.6 Å². The molecular weight excluding hydrogens is 522 g/mol. The van der Waals surface area contributed by atoms with Crippen molar-refractivity contribution in [1.29, 1.82) is 0 Å². The molecule has 1 unspecified atom stereocenters. The van der Waals surface area contributed by atoms with Crippen LogP contribution in [0.3, 0.4) is 0 Å². The summed E-state index contributed by atoms with van der Waals surface area (Å²) in [5, 5.41) is 0.735. The van der Waals surface area contributed by atoms with Crippen molar-refractivity contribution in [3.8, 4) is 0 Å². The topological polar surface area (TPSA) is 54.8 Å². The Hall–Kier alpha value is -3.09. The van der Waals surface area contributed by atoms with E-state index in [1.54, 1.807) is 12.0 Å². The zero-order valence-corrected chi connectivity index (χ0v) is 24.6. The van der Waals surface area contributed by atoms with Gasteiger partial charge in [-0.05, 0) is 48.6 Å². The minimum atomic E-state index is -0.290. The third-order valence-corrected chi connectivity index (χ3v) is 8.37. The van der Waals surface area contributed by atoms with Gasteiger partial charge in [-0.25, -0.2) is 0 Å². The summed E-state index contributed by atoms with van der Waals surface area (Å²) in [5.74, 6) is -0.323. The van der Waals surface area contributed by atoms with Gasteiger partial charge in [-0.3, -0.25) is 9.59 Å². The number of halogens is 1. The molecule has 0 radical (unpaired) electrons. The van der Waals surface area contributed by atoms with E-state index < -0.39 is 0 Å². The molecule has 3 aromatic rings. The van der Waals surface area contributed by atoms with Crippen molar-refractivity contribution in [3.63, 3.8) is 0 Å². The van der Waals surface area contributed by atoms with Gasteiger partial charge in [0.05, 0.1) is 25.6 Å². The second-order valence-corrected chi connectivity index (χ2v) is 11.1. The lowest BCUT2D eigenvalue weighted by Crippen LogP contribution is -2.49. The fraction of sp³-hybridized carbons (Fsp3) is 0.455. The molecule has 0 bridgehead atoms. The Balaban J connectivity index is 1.56. The minimum absolute atomic E-state index is 0.00948. The number of hydrogen-bond acceptors (Lipinski definition) is 3. The molecule has 2 amide bonds. The third kappa shape index (κ3) is 7.76. The maximum Gasteiger partial charge on any atom is 0.242 e. The monoisotopic (exact) mass is 563 g/mol. The molecule has 0 saturated heterocycles. The van der Waals surface area contributed by atoms with Crippen LogP contribution in [0.1, 0.15) is 68.2 Å². The van der Waals surface area contributed by atoms with Gasteiger partial charge in [0.2, 0.25) is 11.8 Å². The number of benzene rings is 2. The summed E-state index contributed by atoms with van der Waals surface area (Å²) < 4.78 is 7.50. The van der Waals surface area contributed by atoms with Gasteiger partial charge in [0.1, 0.15) is 0 Å². The van der Waals surface area contributed by atoms with E-state index in [1.165, 1.54) is 6.42 Å². The van der Waals surface area contributed by atoms with Crippen molar-refractivity contribution in [3.05, 3.63) is 94.8 Å². The number of ether oxygens (including phenoxy) is 1. The molecule has 1 aromatic heterocycles. The number of aromatic nitrogens is 1. The normalized spacial score (nSPS) is 14.6. The lowest BCUT2D eigenvalue weighted by Gasteiger charge is -2.36. The number of hydrogen-bond donors (Lipinski definition) is 0. The fourth-order valence-electron chi connectivity index (χ4n) is 5.73. The molecule has 0 spiro atoms. The van der Waals surface area contributed by atoms with Gasteiger partial charge in [-0.1, -0.05) is 86.3 Å². The van der Waals surface area contributed by atoms with Crippen LogP contribution in [-0.4, -0.2) is 59.0 Å². The second-order valence-electron chi connectivity index (χ2n) is 10.7. The van der Waals surface area contributed by atoms with E-state index in [0.717, 1.165) is 47.5 Å². The molecular formula is C33H42ClN3O3. The molecule has 1 aliphatic carbocycles. The first-order valence-electron chi connectivity index (χ1n) is 14.5. The molecule has 4 rings (SSSR count). The fourth-order valence-corrected chi connectivity index (χ4v) is 5.92. The van der Waals surface area contributed by atoms with Crippen molar-refractivity contribution < 1.29 is 14.3 Å². The van der Waals surface area contributed by atoms with E-state index in [0.29, 0.717) is 32.7 Å². The van der Waals surface area contributed by atoms with Crippen molar-refractivity contribution in [2.75, 3.05) is 26.8 Å². The molecule has 0 N–H and O–H groups in total. The van der Waals surface area contributed by atoms with Crippen LogP contribution in [0.25, 0.3) is 0 Å². The van der Waals surface area contributed by atoms with Crippen LogP contribution in [0, 0.1) is 0 Å². The summed E-state index contributed by atoms with van der Waals surface area (Å²) in [4.78, 5) is 31.6. The molecule has 1 aliphatic rings. The molecule has 6 nitrogen and oxygen atoms in total. The Morgan fingerprint density at radius 2 is 1.73 bits per heavy atom. The summed E-state index contributed by atoms with van der Waals surface area (Å²) in [6.07, 6.45) is 8.13. The number of rotatable bonds is 13. The van der Waals surface area contributed by atoms with Gasteiger partial charge in [0.15, 0.2) is 0 Å². The number of carbonyl (C=O) groups excluding carboxylic acids is 2. The lowest BCUT2D eigenvalue weighted by molar-refractivity contribution is -0.144. The van der Waals surface area contributed by atoms with Crippen molar-refractivity contribution in [1.82, 2.24) is 14.4 Å². The average Bonchev–Trinajstić information content (AvgIpc) is 3.42. The highest BCUT2D eigenvalue weighted by molar-refractivity contribution is 6.31. The van der Waals surface area contributed by atoms with Gasteiger partial charge >= 0.3 is 0 Å². The summed E-state index contributed by atoms with van der Waals surface area (Å²) in [6.45, 7) is 3.98. The smallest absolute Gasteiger partial charge is 0.242 e. The van der Waals surface area contributed by atoms with E-state index in [4.69, 9.17) is 16.3 Å². The first kappa shape index (κ1) is 29.9. The Morgan fingerprint density at radius 1 is 1.00 bits per heavy atom. The van der Waals surface area contributed by atoms with Crippen molar-refractivity contribution >= 4 is 23.4 Å². The molecule has 1 saturated carbocycles. The molecule has 40 heavy (non-hydrogen) atoms. The molecule has 0 aliphatic heterocycles. The highest BCUT2D eigenvalue weighted by atomic mass is 35.5. The Labute approximate surface area is 243 Å². The molecule has 214 valence electrons. The summed E-state index contributed by atoms with van der Waals surface area (Å²) in [5.41, 5.74) is 3.08. The largest absolute Gasteiger partial charge is 0.383 e. The maximum absolute atomic E-state index is 14.1. The molecule has 1 fully saturated rings. The minimum Gasteiger partial charge on any atom is -0.383 e. The van der Waals surface area contributed by atoms with Crippen LogP contribution < -0.4 is 0 Å². The standard InChI is InChI=1S/C33H42ClN3O3/c1-3-30(26-13-6-4-7-14-26)33(39)36(21-22-40-2)25-32(38)37(28-16-8-5-9-17-28)24-29-18-12-20-35(29)23-27-15-10-11-19-31(27)34/h4,6-7,10-15,18-20,28,30H,3,5,8-9,16-17,21-25H2,1-2H3. The first-order chi connectivity index (χ1) is 19.5. The summed E-state index contributed by atoms with van der Waals surface area (Å²) in [7, 11) is 1.63. The molecule has 1 atom stereocenters. The SMILES string of the molecule is CCC(C(=O)N(CCOC)CC(=O)N(Cc1cccn1Cc1ccccc1Cl)C1CCCCC1)c1ccccc1. The highest BCUT2D eigenvalue weighted by Crippen LogP contribution is 2.27. The van der Waals surface area contributed by atoms with E-state index >= 15 is 0 Å². The lowest BCUT2D eigenvalue weighted by atomic mass is 9.93. The summed E-state index contributed by atoms with van der Waals surface area (Å²) >= 11 is 6.46. The number of nitrogens with zero attached hydrogens (tertiary/aromatic N) is 3. The van der Waals surface area contributed by atoms with Gasteiger partial charge in [-0.2, -0.15) is 0 Å². The van der Waals surface area contributed by atoms with E-state index in [1.807, 2.05) is 78.7 Å². The number of carbonyl (C=O) groups is 2. The number of amides is 2. The van der Waals surface area contributed by atoms with Crippen LogP contribution in [0.2, 0.25) is 5.02 Å². The van der Waals surface area contributed by atoms with Gasteiger partial charge in [0, 0.05) is 43.2 Å². The van der Waals surface area contributed by atoms with Crippen LogP contribution in [0.15, 0.2) is 72.9 Å². The molecule has 1 heterocycles. The van der Waals surface area contributed by atoms with Crippen LogP contribution in [0.4, 0.5) is 0 Å².